The van der Waals surface area contributed by atoms with E-state index in [-0.39, 0.29) is 5.92 Å². The lowest BCUT2D eigenvalue weighted by molar-refractivity contribution is -0.145. The molecule has 0 bridgehead atoms. The van der Waals surface area contributed by atoms with E-state index in [2.05, 4.69) is 10.6 Å². The molecule has 116 valence electrons. The van der Waals surface area contributed by atoms with Crippen LogP contribution in [0.5, 0.6) is 0 Å². The highest BCUT2D eigenvalue weighted by Crippen LogP contribution is 2.19. The highest BCUT2D eigenvalue weighted by Gasteiger charge is 2.34. The molecule has 0 rings (SSSR count). The van der Waals surface area contributed by atoms with Crippen molar-refractivity contribution in [1.29, 1.82) is 0 Å². The summed E-state index contributed by atoms with van der Waals surface area (Å²) in [5.74, 6) is -1.51. The van der Waals surface area contributed by atoms with Crippen molar-refractivity contribution >= 4 is 17.9 Å². The van der Waals surface area contributed by atoms with Crippen LogP contribution in [-0.4, -0.2) is 35.1 Å². The van der Waals surface area contributed by atoms with Crippen LogP contribution in [0.1, 0.15) is 41.0 Å². The van der Waals surface area contributed by atoms with Gasteiger partial charge in [-0.15, -0.1) is 0 Å². The van der Waals surface area contributed by atoms with E-state index in [1.165, 1.54) is 0 Å². The predicted molar refractivity (Wildman–Crippen MR) is 75.0 cm³/mol. The van der Waals surface area contributed by atoms with Gasteiger partial charge in [0.1, 0.15) is 12.1 Å². The zero-order chi connectivity index (χ0) is 16.1. The van der Waals surface area contributed by atoms with Gasteiger partial charge in [-0.25, -0.2) is 9.59 Å². The number of hydrogen-bond donors (Lipinski definition) is 4. The largest absolute Gasteiger partial charge is 0.480 e. The van der Waals surface area contributed by atoms with Crippen LogP contribution >= 0.6 is 0 Å². The lowest BCUT2D eigenvalue weighted by Gasteiger charge is -2.29. The molecule has 0 saturated heterocycles. The number of carbonyl (C=O) groups is 3. The fourth-order valence-electron chi connectivity index (χ4n) is 1.77. The summed E-state index contributed by atoms with van der Waals surface area (Å²) in [7, 11) is 0. The Hall–Kier alpha value is -1.79. The third-order valence-corrected chi connectivity index (χ3v) is 2.74. The minimum Gasteiger partial charge on any atom is -0.480 e. The van der Waals surface area contributed by atoms with Gasteiger partial charge in [0.05, 0.1) is 0 Å². The molecule has 0 radical (unpaired) electrons. The monoisotopic (exact) mass is 287 g/mol. The standard InChI is InChI=1S/C13H25N3O4/c1-7(2)6-8(15-12(14)20)10(17)16-9(11(18)19)13(3,4)5/h7-9H,6H2,1-5H3,(H,16,17)(H,18,19)(H3,14,15,20)/t8?,9-/m1/s1. The number of rotatable bonds is 6. The molecule has 7 nitrogen and oxygen atoms in total. The van der Waals surface area contributed by atoms with Gasteiger partial charge in [-0.3, -0.25) is 4.79 Å². The maximum atomic E-state index is 12.1. The van der Waals surface area contributed by atoms with E-state index < -0.39 is 35.4 Å². The third-order valence-electron chi connectivity index (χ3n) is 2.74. The maximum absolute atomic E-state index is 12.1. The first kappa shape index (κ1) is 18.2. The van der Waals surface area contributed by atoms with Crippen LogP contribution in [-0.2, 0) is 9.59 Å². The molecule has 0 aromatic rings. The maximum Gasteiger partial charge on any atom is 0.326 e. The molecule has 1 unspecified atom stereocenters. The van der Waals surface area contributed by atoms with Crippen molar-refractivity contribution in [2.45, 2.75) is 53.1 Å². The molecular weight excluding hydrogens is 262 g/mol. The SMILES string of the molecule is CC(C)CC(NC(N)=O)C(=O)N[C@H](C(=O)O)C(C)(C)C. The molecule has 0 fully saturated rings. The van der Waals surface area contributed by atoms with Crippen LogP contribution in [0.4, 0.5) is 4.79 Å². The van der Waals surface area contributed by atoms with Crippen LogP contribution in [0.15, 0.2) is 0 Å². The summed E-state index contributed by atoms with van der Waals surface area (Å²) >= 11 is 0. The Balaban J connectivity index is 4.97. The summed E-state index contributed by atoms with van der Waals surface area (Å²) < 4.78 is 0. The van der Waals surface area contributed by atoms with Crippen molar-refractivity contribution < 1.29 is 19.5 Å². The predicted octanol–water partition coefficient (Wildman–Crippen LogP) is 0.685. The van der Waals surface area contributed by atoms with Crippen molar-refractivity contribution in [1.82, 2.24) is 10.6 Å². The summed E-state index contributed by atoms with van der Waals surface area (Å²) in [6.07, 6.45) is 0.380. The van der Waals surface area contributed by atoms with Crippen molar-refractivity contribution in [2.24, 2.45) is 17.1 Å². The number of carboxylic acid groups (broad SMARTS) is 1. The molecule has 0 aliphatic carbocycles. The average Bonchev–Trinajstić information content (AvgIpc) is 2.20. The Morgan fingerprint density at radius 2 is 1.65 bits per heavy atom. The van der Waals surface area contributed by atoms with Gasteiger partial charge in [0.2, 0.25) is 5.91 Å². The molecule has 0 aromatic carbocycles. The Bertz CT molecular complexity index is 374. The first-order valence-electron chi connectivity index (χ1n) is 6.54. The quantitative estimate of drug-likeness (QED) is 0.574. The van der Waals surface area contributed by atoms with E-state index in [1.54, 1.807) is 20.8 Å². The number of carbonyl (C=O) groups excluding carboxylic acids is 2. The first-order chi connectivity index (χ1) is 8.95. The smallest absolute Gasteiger partial charge is 0.326 e. The molecule has 0 aliphatic rings. The van der Waals surface area contributed by atoms with Crippen molar-refractivity contribution in [3.63, 3.8) is 0 Å². The summed E-state index contributed by atoms with van der Waals surface area (Å²) in [6, 6.07) is -2.69. The number of urea groups is 1. The van der Waals surface area contributed by atoms with Gasteiger partial charge in [-0.2, -0.15) is 0 Å². The Morgan fingerprint density at radius 3 is 1.95 bits per heavy atom. The lowest BCUT2D eigenvalue weighted by atomic mass is 9.86. The van der Waals surface area contributed by atoms with E-state index in [0.29, 0.717) is 6.42 Å². The van der Waals surface area contributed by atoms with Crippen LogP contribution in [0.3, 0.4) is 0 Å². The Kier molecular flexibility index (Phi) is 6.48. The van der Waals surface area contributed by atoms with E-state index in [0.717, 1.165) is 0 Å². The van der Waals surface area contributed by atoms with Crippen LogP contribution < -0.4 is 16.4 Å². The summed E-state index contributed by atoms with van der Waals surface area (Å²) in [5, 5.41) is 14.0. The van der Waals surface area contributed by atoms with Gasteiger partial charge in [0.25, 0.3) is 0 Å². The van der Waals surface area contributed by atoms with E-state index in [1.807, 2.05) is 13.8 Å². The lowest BCUT2D eigenvalue weighted by Crippen LogP contribution is -2.56. The van der Waals surface area contributed by atoms with Crippen LogP contribution in [0.25, 0.3) is 0 Å². The highest BCUT2D eigenvalue weighted by atomic mass is 16.4. The number of carboxylic acids is 1. The topological polar surface area (TPSA) is 122 Å². The van der Waals surface area contributed by atoms with Gasteiger partial charge >= 0.3 is 12.0 Å². The molecular formula is C13H25N3O4. The second-order valence-electron chi connectivity index (χ2n) is 6.34. The normalized spacial score (nSPS) is 14.5. The molecule has 0 aliphatic heterocycles. The fourth-order valence-corrected chi connectivity index (χ4v) is 1.77. The number of aliphatic carboxylic acids is 1. The second-order valence-corrected chi connectivity index (χ2v) is 6.34. The fraction of sp³-hybridized carbons (Fsp3) is 0.769. The van der Waals surface area contributed by atoms with Crippen LogP contribution in [0.2, 0.25) is 0 Å². The molecule has 5 N–H and O–H groups in total. The zero-order valence-electron chi connectivity index (χ0n) is 12.7. The van der Waals surface area contributed by atoms with Gasteiger partial charge in [0.15, 0.2) is 0 Å². The van der Waals surface area contributed by atoms with Crippen LogP contribution in [0, 0.1) is 11.3 Å². The van der Waals surface area contributed by atoms with Gasteiger partial charge in [-0.05, 0) is 17.8 Å². The third kappa shape index (κ3) is 6.40. The number of nitrogens with two attached hydrogens (primary N) is 1. The molecule has 20 heavy (non-hydrogen) atoms. The van der Waals surface area contributed by atoms with E-state index >= 15 is 0 Å². The van der Waals surface area contributed by atoms with Gasteiger partial charge in [-0.1, -0.05) is 34.6 Å². The highest BCUT2D eigenvalue weighted by molar-refractivity contribution is 5.90. The van der Waals surface area contributed by atoms with Crippen molar-refractivity contribution in [3.05, 3.63) is 0 Å². The van der Waals surface area contributed by atoms with Gasteiger partial charge in [0, 0.05) is 0 Å². The number of amides is 3. The van der Waals surface area contributed by atoms with E-state index in [9.17, 15) is 19.5 Å². The molecule has 2 atom stereocenters. The van der Waals surface area contributed by atoms with Crippen molar-refractivity contribution in [3.8, 4) is 0 Å². The second kappa shape index (κ2) is 7.12. The van der Waals surface area contributed by atoms with E-state index in [4.69, 9.17) is 5.73 Å². The average molecular weight is 287 g/mol. The molecule has 0 heterocycles. The minimum absolute atomic E-state index is 0.149. The first-order valence-corrected chi connectivity index (χ1v) is 6.54. The molecule has 0 aromatic heterocycles. The summed E-state index contributed by atoms with van der Waals surface area (Å²) in [4.78, 5) is 34.3. The molecule has 0 saturated carbocycles. The van der Waals surface area contributed by atoms with Gasteiger partial charge < -0.3 is 21.5 Å². The Morgan fingerprint density at radius 1 is 1.15 bits per heavy atom. The molecule has 3 amide bonds. The summed E-state index contributed by atoms with van der Waals surface area (Å²) in [5.41, 5.74) is 4.39. The summed E-state index contributed by atoms with van der Waals surface area (Å²) in [6.45, 7) is 8.92. The van der Waals surface area contributed by atoms with Crippen molar-refractivity contribution in [2.75, 3.05) is 0 Å². The number of nitrogens with one attached hydrogen (secondary N) is 2. The molecule has 0 spiro atoms. The number of primary amides is 1. The number of hydrogen-bond acceptors (Lipinski definition) is 3. The minimum atomic E-state index is -1.12. The molecule has 7 heteroatoms. The Labute approximate surface area is 119 Å². The zero-order valence-corrected chi connectivity index (χ0v) is 12.7.